The van der Waals surface area contributed by atoms with E-state index in [1.165, 1.54) is 11.8 Å². The molecule has 2 aromatic rings. The molecule has 3 heterocycles. The highest BCUT2D eigenvalue weighted by Crippen LogP contribution is 2.33. The summed E-state index contributed by atoms with van der Waals surface area (Å²) in [6.45, 7) is 4.01. The van der Waals surface area contributed by atoms with Gasteiger partial charge in [-0.1, -0.05) is 41.6 Å². The Morgan fingerprint density at radius 3 is 2.70 bits per heavy atom. The van der Waals surface area contributed by atoms with Gasteiger partial charge in [0.15, 0.2) is 0 Å². The molecule has 8 heteroatoms. The van der Waals surface area contributed by atoms with Gasteiger partial charge in [-0.15, -0.1) is 0 Å². The lowest BCUT2D eigenvalue weighted by Crippen LogP contribution is -2.50. The van der Waals surface area contributed by atoms with E-state index in [9.17, 15) is 4.79 Å². The molecule has 1 aromatic heterocycles. The van der Waals surface area contributed by atoms with Crippen molar-refractivity contribution < 1.29 is 9.21 Å². The summed E-state index contributed by atoms with van der Waals surface area (Å²) in [6, 6.07) is 11.5. The van der Waals surface area contributed by atoms with E-state index in [1.54, 1.807) is 23.3 Å². The Kier molecular flexibility index (Phi) is 5.54. The minimum atomic E-state index is -0.0568. The maximum absolute atomic E-state index is 12.7. The number of rotatable bonds is 4. The lowest BCUT2D eigenvalue weighted by Gasteiger charge is -2.37. The average molecular weight is 420 g/mol. The second-order valence-electron chi connectivity index (χ2n) is 6.35. The van der Waals surface area contributed by atoms with Crippen molar-refractivity contribution in [2.45, 2.75) is 0 Å². The molecule has 1 amide bonds. The molecule has 1 aromatic carbocycles. The SMILES string of the molecule is O=C1/C(=C\c2ccco2)SC(=S)N1CN1CCN(c2cccc(Cl)c2)CC1. The number of halogens is 1. The lowest BCUT2D eigenvalue weighted by atomic mass is 10.2. The third-order valence-corrected chi connectivity index (χ3v) is 6.19. The van der Waals surface area contributed by atoms with Crippen molar-refractivity contribution in [2.24, 2.45) is 0 Å². The van der Waals surface area contributed by atoms with E-state index in [0.717, 1.165) is 36.9 Å². The molecule has 0 radical (unpaired) electrons. The van der Waals surface area contributed by atoms with E-state index in [4.69, 9.17) is 28.2 Å². The molecule has 0 unspecified atom stereocenters. The predicted molar refractivity (Wildman–Crippen MR) is 114 cm³/mol. The van der Waals surface area contributed by atoms with E-state index >= 15 is 0 Å². The zero-order valence-electron chi connectivity index (χ0n) is 14.5. The standard InChI is InChI=1S/C19H18ClN3O2S2/c20-14-3-1-4-15(11-14)22-8-6-21(7-9-22)13-23-18(24)17(27-19(23)26)12-16-5-2-10-25-16/h1-5,10-12H,6-9,13H2/b17-12+. The van der Waals surface area contributed by atoms with Crippen LogP contribution in [0.2, 0.25) is 5.02 Å². The molecule has 27 heavy (non-hydrogen) atoms. The van der Waals surface area contributed by atoms with Crippen molar-refractivity contribution in [1.29, 1.82) is 0 Å². The van der Waals surface area contributed by atoms with E-state index in [1.807, 2.05) is 24.3 Å². The molecule has 0 aliphatic carbocycles. The first-order valence-electron chi connectivity index (χ1n) is 8.62. The van der Waals surface area contributed by atoms with Gasteiger partial charge in [0.05, 0.1) is 17.8 Å². The smallest absolute Gasteiger partial charge is 0.267 e. The number of hydrogen-bond acceptors (Lipinski definition) is 6. The summed E-state index contributed by atoms with van der Waals surface area (Å²) in [5.74, 6) is 0.601. The number of carbonyl (C=O) groups excluding carboxylic acids is 1. The molecular weight excluding hydrogens is 402 g/mol. The van der Waals surface area contributed by atoms with Gasteiger partial charge in [-0.2, -0.15) is 0 Å². The Labute approximate surface area is 172 Å². The average Bonchev–Trinajstić information content (AvgIpc) is 3.27. The van der Waals surface area contributed by atoms with E-state index in [2.05, 4.69) is 15.9 Å². The summed E-state index contributed by atoms with van der Waals surface area (Å²) in [6.07, 6.45) is 3.34. The van der Waals surface area contributed by atoms with Gasteiger partial charge in [-0.3, -0.25) is 14.6 Å². The fourth-order valence-electron chi connectivity index (χ4n) is 3.14. The number of amides is 1. The molecule has 2 fully saturated rings. The molecule has 5 nitrogen and oxygen atoms in total. The van der Waals surface area contributed by atoms with Crippen LogP contribution in [0, 0.1) is 0 Å². The van der Waals surface area contributed by atoms with Crippen LogP contribution in [0.25, 0.3) is 6.08 Å². The van der Waals surface area contributed by atoms with Crippen molar-refractivity contribution in [3.63, 3.8) is 0 Å². The van der Waals surface area contributed by atoms with Crippen molar-refractivity contribution in [3.8, 4) is 0 Å². The molecular formula is C19H18ClN3O2S2. The largest absolute Gasteiger partial charge is 0.465 e. The number of thiocarbonyl (C=S) groups is 1. The maximum Gasteiger partial charge on any atom is 0.267 e. The first-order valence-corrected chi connectivity index (χ1v) is 10.2. The minimum Gasteiger partial charge on any atom is -0.465 e. The predicted octanol–water partition coefficient (Wildman–Crippen LogP) is 3.91. The van der Waals surface area contributed by atoms with Crippen molar-refractivity contribution in [1.82, 2.24) is 9.80 Å². The van der Waals surface area contributed by atoms with Gasteiger partial charge >= 0.3 is 0 Å². The molecule has 0 spiro atoms. The quantitative estimate of drug-likeness (QED) is 0.552. The second kappa shape index (κ2) is 8.06. The van der Waals surface area contributed by atoms with Crippen LogP contribution >= 0.6 is 35.6 Å². The molecule has 0 bridgehead atoms. The highest BCUT2D eigenvalue weighted by molar-refractivity contribution is 8.26. The Hall–Kier alpha value is -1.80. The van der Waals surface area contributed by atoms with Crippen LogP contribution in [0.4, 0.5) is 5.69 Å². The Bertz CT molecular complexity index is 877. The maximum atomic E-state index is 12.7. The van der Waals surface area contributed by atoms with E-state index in [0.29, 0.717) is 21.7 Å². The third-order valence-electron chi connectivity index (χ3n) is 4.58. The van der Waals surface area contributed by atoms with Gasteiger partial charge < -0.3 is 9.32 Å². The Balaban J connectivity index is 1.36. The van der Waals surface area contributed by atoms with Crippen molar-refractivity contribution in [2.75, 3.05) is 37.7 Å². The lowest BCUT2D eigenvalue weighted by molar-refractivity contribution is -0.123. The number of piperazine rings is 1. The molecule has 4 rings (SSSR count). The zero-order valence-corrected chi connectivity index (χ0v) is 16.9. The number of anilines is 1. The van der Waals surface area contributed by atoms with Crippen LogP contribution in [0.15, 0.2) is 52.0 Å². The van der Waals surface area contributed by atoms with Crippen LogP contribution in [0.3, 0.4) is 0 Å². The van der Waals surface area contributed by atoms with Gasteiger partial charge in [0, 0.05) is 43.0 Å². The molecule has 2 aliphatic heterocycles. The monoisotopic (exact) mass is 419 g/mol. The molecule has 0 saturated carbocycles. The molecule has 2 saturated heterocycles. The van der Waals surface area contributed by atoms with E-state index < -0.39 is 0 Å². The molecule has 2 aliphatic rings. The van der Waals surface area contributed by atoms with E-state index in [-0.39, 0.29) is 5.91 Å². The summed E-state index contributed by atoms with van der Waals surface area (Å²) in [5.41, 5.74) is 1.13. The molecule has 140 valence electrons. The number of thioether (sulfide) groups is 1. The van der Waals surface area contributed by atoms with Crippen LogP contribution in [0.1, 0.15) is 5.76 Å². The highest BCUT2D eigenvalue weighted by atomic mass is 35.5. The number of benzene rings is 1. The van der Waals surface area contributed by atoms with Gasteiger partial charge in [0.2, 0.25) is 0 Å². The topological polar surface area (TPSA) is 39.9 Å². The van der Waals surface area contributed by atoms with Gasteiger partial charge in [0.1, 0.15) is 10.1 Å². The minimum absolute atomic E-state index is 0.0568. The van der Waals surface area contributed by atoms with Crippen molar-refractivity contribution >= 4 is 57.6 Å². The Morgan fingerprint density at radius 1 is 1.19 bits per heavy atom. The number of furan rings is 1. The van der Waals surface area contributed by atoms with Crippen LogP contribution in [-0.4, -0.2) is 52.9 Å². The van der Waals surface area contributed by atoms with Gasteiger partial charge in [0.25, 0.3) is 5.91 Å². The fraction of sp³-hybridized carbons (Fsp3) is 0.263. The summed E-state index contributed by atoms with van der Waals surface area (Å²) in [7, 11) is 0. The van der Waals surface area contributed by atoms with Crippen molar-refractivity contribution in [3.05, 3.63) is 58.3 Å². The number of nitrogens with zero attached hydrogens (tertiary/aromatic N) is 3. The van der Waals surface area contributed by atoms with Crippen LogP contribution in [0.5, 0.6) is 0 Å². The molecule has 0 N–H and O–H groups in total. The Morgan fingerprint density at radius 2 is 2.00 bits per heavy atom. The molecule has 0 atom stereocenters. The summed E-state index contributed by atoms with van der Waals surface area (Å²) >= 11 is 12.8. The normalized spacial score (nSPS) is 20.1. The van der Waals surface area contributed by atoms with Gasteiger partial charge in [-0.05, 0) is 30.3 Å². The van der Waals surface area contributed by atoms with Gasteiger partial charge in [-0.25, -0.2) is 0 Å². The summed E-state index contributed by atoms with van der Waals surface area (Å²) in [4.78, 5) is 19.5. The van der Waals surface area contributed by atoms with Crippen LogP contribution < -0.4 is 4.90 Å². The summed E-state index contributed by atoms with van der Waals surface area (Å²) < 4.78 is 5.89. The third kappa shape index (κ3) is 4.21. The van der Waals surface area contributed by atoms with Crippen LogP contribution in [-0.2, 0) is 4.79 Å². The second-order valence-corrected chi connectivity index (χ2v) is 8.46. The zero-order chi connectivity index (χ0) is 18.8. The first-order chi connectivity index (χ1) is 13.1. The fourth-order valence-corrected chi connectivity index (χ4v) is 4.55. The highest BCUT2D eigenvalue weighted by Gasteiger charge is 2.34. The first kappa shape index (κ1) is 18.6. The number of hydrogen-bond donors (Lipinski definition) is 0. The summed E-state index contributed by atoms with van der Waals surface area (Å²) in [5, 5.41) is 0.746. The number of carbonyl (C=O) groups is 1.